The molecule has 148 valence electrons. The van der Waals surface area contributed by atoms with Gasteiger partial charge in [-0.3, -0.25) is 4.99 Å². The Balaban J connectivity index is 1.96. The first-order valence-corrected chi connectivity index (χ1v) is 10.1. The highest BCUT2D eigenvalue weighted by Gasteiger charge is 2.28. The van der Waals surface area contributed by atoms with Gasteiger partial charge >= 0.3 is 6.09 Å². The van der Waals surface area contributed by atoms with E-state index in [0.29, 0.717) is 19.0 Å². The van der Waals surface area contributed by atoms with Gasteiger partial charge in [-0.15, -0.1) is 0 Å². The topological polar surface area (TPSA) is 45.1 Å². The molecular formula is C21H37N3O2. The molecule has 1 aliphatic carbocycles. The van der Waals surface area contributed by atoms with Crippen molar-refractivity contribution in [2.75, 3.05) is 33.2 Å². The van der Waals surface area contributed by atoms with E-state index in [2.05, 4.69) is 29.8 Å². The van der Waals surface area contributed by atoms with E-state index in [1.807, 2.05) is 27.8 Å². The number of aliphatic imine (C=N–C) groups is 1. The summed E-state index contributed by atoms with van der Waals surface area (Å²) >= 11 is 0. The molecule has 2 fully saturated rings. The standard InChI is InChI=1S/C21H37N3O2/c1-7-16(2)18(14-17-8-9-17)15-19(22-6)23-10-12-24(13-11-23)20(25)26-21(3,4)5/h15-17H,7-14H2,1-6H3/b18-15-,22-19?. The van der Waals surface area contributed by atoms with Gasteiger partial charge in [-0.1, -0.05) is 19.4 Å². The van der Waals surface area contributed by atoms with E-state index >= 15 is 0 Å². The Morgan fingerprint density at radius 2 is 1.77 bits per heavy atom. The summed E-state index contributed by atoms with van der Waals surface area (Å²) in [6.45, 7) is 13.3. The molecule has 1 atom stereocenters. The van der Waals surface area contributed by atoms with Crippen LogP contribution in [0.3, 0.4) is 0 Å². The Morgan fingerprint density at radius 3 is 2.23 bits per heavy atom. The molecule has 0 radical (unpaired) electrons. The molecular weight excluding hydrogens is 326 g/mol. The summed E-state index contributed by atoms with van der Waals surface area (Å²) in [5.41, 5.74) is 1.09. The first kappa shape index (κ1) is 20.8. The zero-order valence-corrected chi connectivity index (χ0v) is 17.5. The number of carbonyl (C=O) groups is 1. The van der Waals surface area contributed by atoms with Crippen molar-refractivity contribution in [1.82, 2.24) is 9.80 Å². The van der Waals surface area contributed by atoms with Crippen LogP contribution in [0.25, 0.3) is 0 Å². The summed E-state index contributed by atoms with van der Waals surface area (Å²) in [4.78, 5) is 20.9. The van der Waals surface area contributed by atoms with Crippen LogP contribution in [0.1, 0.15) is 60.3 Å². The summed E-state index contributed by atoms with van der Waals surface area (Å²) in [5.74, 6) is 2.55. The number of nitrogens with zero attached hydrogens (tertiary/aromatic N) is 3. The Bertz CT molecular complexity index is 536. The molecule has 0 aromatic heterocycles. The van der Waals surface area contributed by atoms with Crippen LogP contribution in [0.15, 0.2) is 16.6 Å². The van der Waals surface area contributed by atoms with Gasteiger partial charge in [0.15, 0.2) is 0 Å². The lowest BCUT2D eigenvalue weighted by molar-refractivity contribution is 0.0187. The molecule has 0 aromatic carbocycles. The number of carbonyl (C=O) groups excluding carboxylic acids is 1. The first-order chi connectivity index (χ1) is 12.2. The predicted molar refractivity (Wildman–Crippen MR) is 108 cm³/mol. The summed E-state index contributed by atoms with van der Waals surface area (Å²) in [6, 6.07) is 0. The summed E-state index contributed by atoms with van der Waals surface area (Å²) in [5, 5.41) is 0. The van der Waals surface area contributed by atoms with Crippen LogP contribution in [-0.4, -0.2) is 60.6 Å². The van der Waals surface area contributed by atoms with Crippen LogP contribution in [0.4, 0.5) is 4.79 Å². The lowest BCUT2D eigenvalue weighted by Crippen LogP contribution is -2.51. The van der Waals surface area contributed by atoms with Gasteiger partial charge in [0.05, 0.1) is 0 Å². The van der Waals surface area contributed by atoms with Crippen molar-refractivity contribution in [3.05, 3.63) is 11.6 Å². The van der Waals surface area contributed by atoms with Gasteiger partial charge in [-0.2, -0.15) is 0 Å². The predicted octanol–water partition coefficient (Wildman–Crippen LogP) is 4.34. The molecule has 1 heterocycles. The fourth-order valence-electron chi connectivity index (χ4n) is 3.23. The van der Waals surface area contributed by atoms with Gasteiger partial charge in [0.25, 0.3) is 0 Å². The quantitative estimate of drug-likeness (QED) is 0.539. The Hall–Kier alpha value is -1.52. The normalized spacial score (nSPS) is 21.0. The molecule has 1 unspecified atom stereocenters. The zero-order chi connectivity index (χ0) is 19.3. The Kier molecular flexibility index (Phi) is 7.13. The fraction of sp³-hybridized carbons (Fsp3) is 0.810. The number of amides is 1. The molecule has 5 heteroatoms. The van der Waals surface area contributed by atoms with Crippen LogP contribution < -0.4 is 0 Å². The molecule has 26 heavy (non-hydrogen) atoms. The third-order valence-electron chi connectivity index (χ3n) is 5.27. The number of hydrogen-bond donors (Lipinski definition) is 0. The highest BCUT2D eigenvalue weighted by molar-refractivity contribution is 5.93. The van der Waals surface area contributed by atoms with Crippen LogP contribution in [0.2, 0.25) is 0 Å². The lowest BCUT2D eigenvalue weighted by Gasteiger charge is -2.36. The van der Waals surface area contributed by atoms with Crippen molar-refractivity contribution in [3.63, 3.8) is 0 Å². The SMILES string of the molecule is CCC(C)/C(=C\C(=NC)N1CCN(C(=O)OC(C)(C)C)CC1)CC1CC1. The lowest BCUT2D eigenvalue weighted by atomic mass is 9.93. The Morgan fingerprint density at radius 1 is 1.19 bits per heavy atom. The molecule has 0 bridgehead atoms. The van der Waals surface area contributed by atoms with Crippen molar-refractivity contribution in [2.45, 2.75) is 65.9 Å². The van der Waals surface area contributed by atoms with Crippen molar-refractivity contribution in [3.8, 4) is 0 Å². The van der Waals surface area contributed by atoms with E-state index in [9.17, 15) is 4.79 Å². The maximum absolute atomic E-state index is 12.2. The average Bonchev–Trinajstić information content (AvgIpc) is 3.40. The van der Waals surface area contributed by atoms with E-state index in [0.717, 1.165) is 24.8 Å². The van der Waals surface area contributed by atoms with Crippen LogP contribution in [0.5, 0.6) is 0 Å². The number of amidine groups is 1. The van der Waals surface area contributed by atoms with Crippen LogP contribution in [-0.2, 0) is 4.74 Å². The minimum Gasteiger partial charge on any atom is -0.444 e. The maximum Gasteiger partial charge on any atom is 0.410 e. The molecule has 0 aromatic rings. The maximum atomic E-state index is 12.2. The summed E-state index contributed by atoms with van der Waals surface area (Å²) < 4.78 is 5.49. The molecule has 1 aliphatic heterocycles. The highest BCUT2D eigenvalue weighted by atomic mass is 16.6. The molecule has 0 N–H and O–H groups in total. The van der Waals surface area contributed by atoms with Crippen molar-refractivity contribution >= 4 is 11.9 Å². The number of hydrogen-bond acceptors (Lipinski definition) is 3. The molecule has 2 rings (SSSR count). The van der Waals surface area contributed by atoms with Crippen molar-refractivity contribution < 1.29 is 9.53 Å². The number of piperazine rings is 1. The van der Waals surface area contributed by atoms with Crippen LogP contribution in [0, 0.1) is 11.8 Å². The third kappa shape index (κ3) is 6.33. The third-order valence-corrected chi connectivity index (χ3v) is 5.27. The number of rotatable bonds is 5. The summed E-state index contributed by atoms with van der Waals surface area (Å²) in [6.07, 6.45) is 7.24. The molecule has 1 saturated heterocycles. The molecule has 2 aliphatic rings. The fourth-order valence-corrected chi connectivity index (χ4v) is 3.23. The summed E-state index contributed by atoms with van der Waals surface area (Å²) in [7, 11) is 1.87. The van der Waals surface area contributed by atoms with Crippen molar-refractivity contribution in [1.29, 1.82) is 0 Å². The van der Waals surface area contributed by atoms with Gasteiger partial charge < -0.3 is 14.5 Å². The van der Waals surface area contributed by atoms with Crippen molar-refractivity contribution in [2.24, 2.45) is 16.8 Å². The number of allylic oxidation sites excluding steroid dienone is 1. The smallest absolute Gasteiger partial charge is 0.410 e. The average molecular weight is 364 g/mol. The van der Waals surface area contributed by atoms with E-state index in [1.54, 1.807) is 4.90 Å². The first-order valence-electron chi connectivity index (χ1n) is 10.1. The highest BCUT2D eigenvalue weighted by Crippen LogP contribution is 2.37. The number of ether oxygens (including phenoxy) is 1. The second-order valence-electron chi connectivity index (χ2n) is 8.71. The van der Waals surface area contributed by atoms with E-state index in [4.69, 9.17) is 4.74 Å². The zero-order valence-electron chi connectivity index (χ0n) is 17.5. The molecule has 1 amide bonds. The second-order valence-corrected chi connectivity index (χ2v) is 8.71. The van der Waals surface area contributed by atoms with Gasteiger partial charge in [0.2, 0.25) is 0 Å². The molecule has 1 saturated carbocycles. The van der Waals surface area contributed by atoms with Crippen LogP contribution >= 0.6 is 0 Å². The second kappa shape index (κ2) is 8.92. The van der Waals surface area contributed by atoms with Gasteiger partial charge in [-0.25, -0.2) is 4.79 Å². The monoisotopic (exact) mass is 363 g/mol. The van der Waals surface area contributed by atoms with E-state index in [-0.39, 0.29) is 6.09 Å². The van der Waals surface area contributed by atoms with E-state index < -0.39 is 5.60 Å². The minimum absolute atomic E-state index is 0.211. The molecule has 5 nitrogen and oxygen atoms in total. The van der Waals surface area contributed by atoms with E-state index in [1.165, 1.54) is 31.3 Å². The largest absolute Gasteiger partial charge is 0.444 e. The molecule has 0 spiro atoms. The minimum atomic E-state index is -0.443. The van der Waals surface area contributed by atoms with Gasteiger partial charge in [0.1, 0.15) is 11.4 Å². The van der Waals surface area contributed by atoms with Gasteiger partial charge in [0, 0.05) is 33.2 Å². The Labute approximate surface area is 159 Å². The van der Waals surface area contributed by atoms with Gasteiger partial charge in [-0.05, 0) is 64.4 Å².